The minimum atomic E-state index is -0.259. The van der Waals surface area contributed by atoms with Gasteiger partial charge >= 0.3 is 0 Å². The number of nitrogens with one attached hydrogen (secondary N) is 1. The van der Waals surface area contributed by atoms with Crippen molar-refractivity contribution < 1.29 is 14.2 Å². The lowest BCUT2D eigenvalue weighted by atomic mass is 9.91. The van der Waals surface area contributed by atoms with Crippen LogP contribution in [0, 0.1) is 5.82 Å². The summed E-state index contributed by atoms with van der Waals surface area (Å²) in [5, 5.41) is 23.3. The second kappa shape index (κ2) is 8.13. The van der Waals surface area contributed by atoms with Gasteiger partial charge in [-0.15, -0.1) is 0 Å². The highest BCUT2D eigenvalue weighted by Gasteiger charge is 2.28. The Morgan fingerprint density at radius 1 is 1.12 bits per heavy atom. The first kappa shape index (κ1) is 20.1. The quantitative estimate of drug-likeness (QED) is 0.420. The Morgan fingerprint density at radius 3 is 2.73 bits per heavy atom. The lowest BCUT2D eigenvalue weighted by Crippen LogP contribution is -2.17. The molecule has 0 saturated carbocycles. The van der Waals surface area contributed by atoms with Crippen LogP contribution in [0.5, 0.6) is 0 Å². The predicted molar refractivity (Wildman–Crippen MR) is 124 cm³/mol. The molecule has 2 N–H and O–H groups in total. The maximum absolute atomic E-state index is 13.8. The molecular weight excluding hydrogens is 421 g/mol. The third-order valence-corrected chi connectivity index (χ3v) is 6.51. The molecule has 0 radical (unpaired) electrons. The normalized spacial score (nSPS) is 15.1. The predicted octanol–water partition coefficient (Wildman–Crippen LogP) is 4.40. The highest BCUT2D eigenvalue weighted by atomic mass is 19.1. The number of aromatic amines is 1. The van der Waals surface area contributed by atoms with E-state index < -0.39 is 0 Å². The van der Waals surface area contributed by atoms with Gasteiger partial charge in [0.15, 0.2) is 0 Å². The summed E-state index contributed by atoms with van der Waals surface area (Å²) in [5.41, 5.74) is 6.21. The summed E-state index contributed by atoms with van der Waals surface area (Å²) < 4.78 is 23.5. The van der Waals surface area contributed by atoms with Crippen LogP contribution in [-0.4, -0.2) is 49.5 Å². The van der Waals surface area contributed by atoms with Gasteiger partial charge in [0.2, 0.25) is 0 Å². The fraction of sp³-hybridized carbons (Fsp3) is 0.280. The highest BCUT2D eigenvalue weighted by molar-refractivity contribution is 6.05. The minimum Gasteiger partial charge on any atom is -0.394 e. The third-order valence-electron chi connectivity index (χ3n) is 6.51. The van der Waals surface area contributed by atoms with Crippen molar-refractivity contribution in [3.8, 4) is 16.8 Å². The number of halogens is 1. The third kappa shape index (κ3) is 3.42. The second-order valence-electron chi connectivity index (χ2n) is 8.50. The van der Waals surface area contributed by atoms with Gasteiger partial charge in [-0.2, -0.15) is 10.2 Å². The number of benzene rings is 2. The first-order chi connectivity index (χ1) is 16.2. The minimum absolute atomic E-state index is 0.0278. The van der Waals surface area contributed by atoms with E-state index >= 15 is 0 Å². The van der Waals surface area contributed by atoms with Crippen LogP contribution < -0.4 is 0 Å². The lowest BCUT2D eigenvalue weighted by Gasteiger charge is -2.25. The molecule has 1 aliphatic heterocycles. The van der Waals surface area contributed by atoms with Gasteiger partial charge < -0.3 is 14.4 Å². The Labute approximate surface area is 189 Å². The molecule has 1 fully saturated rings. The van der Waals surface area contributed by atoms with Crippen LogP contribution in [0.1, 0.15) is 24.5 Å². The van der Waals surface area contributed by atoms with Crippen LogP contribution >= 0.6 is 0 Å². The first-order valence-corrected chi connectivity index (χ1v) is 11.2. The van der Waals surface area contributed by atoms with Gasteiger partial charge in [0.25, 0.3) is 0 Å². The molecule has 6 rings (SSSR count). The summed E-state index contributed by atoms with van der Waals surface area (Å²) >= 11 is 0. The maximum Gasteiger partial charge on any atom is 0.123 e. The lowest BCUT2D eigenvalue weighted by molar-refractivity contribution is 0.0843. The van der Waals surface area contributed by atoms with Crippen LogP contribution in [0.3, 0.4) is 0 Å². The number of fused-ring (bicyclic) bond motifs is 2. The number of ether oxygens (including phenoxy) is 1. The van der Waals surface area contributed by atoms with Crippen molar-refractivity contribution in [1.29, 1.82) is 0 Å². The van der Waals surface area contributed by atoms with Crippen molar-refractivity contribution in [3.63, 3.8) is 0 Å². The topological polar surface area (TPSA) is 80.9 Å². The van der Waals surface area contributed by atoms with Gasteiger partial charge in [-0.3, -0.25) is 9.78 Å². The average Bonchev–Trinajstić information content (AvgIpc) is 3.56. The van der Waals surface area contributed by atoms with Gasteiger partial charge in [0.05, 0.1) is 36.6 Å². The van der Waals surface area contributed by atoms with E-state index in [-0.39, 0.29) is 18.3 Å². The number of nitrogens with zero attached hydrogens (tertiary/aromatic N) is 4. The monoisotopic (exact) mass is 445 g/mol. The zero-order valence-electron chi connectivity index (χ0n) is 18.0. The number of H-pyrrole nitrogens is 1. The molecule has 5 aromatic rings. The zero-order chi connectivity index (χ0) is 22.4. The van der Waals surface area contributed by atoms with E-state index in [1.54, 1.807) is 4.68 Å². The molecule has 4 heterocycles. The summed E-state index contributed by atoms with van der Waals surface area (Å²) in [6.45, 7) is 1.89. The van der Waals surface area contributed by atoms with Gasteiger partial charge in [-0.05, 0) is 49.2 Å². The number of aliphatic hydroxyl groups excluding tert-OH is 1. The van der Waals surface area contributed by atoms with Crippen LogP contribution in [0.25, 0.3) is 38.6 Å². The number of hydrogen-bond acceptors (Lipinski definition) is 4. The van der Waals surface area contributed by atoms with Crippen molar-refractivity contribution in [2.75, 3.05) is 19.8 Å². The van der Waals surface area contributed by atoms with Gasteiger partial charge in [0, 0.05) is 58.6 Å². The van der Waals surface area contributed by atoms with Crippen molar-refractivity contribution in [2.45, 2.75) is 25.3 Å². The molecular formula is C25H24FN5O2. The average molecular weight is 445 g/mol. The molecule has 168 valence electrons. The molecule has 3 aromatic heterocycles. The Hall–Kier alpha value is -3.49. The largest absolute Gasteiger partial charge is 0.394 e. The number of aromatic nitrogens is 5. The smallest absolute Gasteiger partial charge is 0.123 e. The highest BCUT2D eigenvalue weighted by Crippen LogP contribution is 2.44. The summed E-state index contributed by atoms with van der Waals surface area (Å²) in [7, 11) is 0. The SMILES string of the molecule is OCCn1cc(-c2c(C3CCOCC3)n(-c3ccc(F)cc3)c3cc4cn[nH]c4cc23)cn1. The van der Waals surface area contributed by atoms with E-state index in [9.17, 15) is 9.50 Å². The van der Waals surface area contributed by atoms with Crippen molar-refractivity contribution in [1.82, 2.24) is 24.5 Å². The Balaban J connectivity index is 1.70. The molecule has 0 unspecified atom stereocenters. The molecule has 7 nitrogen and oxygen atoms in total. The van der Waals surface area contributed by atoms with Crippen LogP contribution in [0.4, 0.5) is 4.39 Å². The molecule has 1 aliphatic rings. The Morgan fingerprint density at radius 2 is 1.94 bits per heavy atom. The summed E-state index contributed by atoms with van der Waals surface area (Å²) in [6.07, 6.45) is 7.49. The molecule has 0 bridgehead atoms. The van der Waals surface area contributed by atoms with Crippen molar-refractivity contribution >= 4 is 21.8 Å². The van der Waals surface area contributed by atoms with E-state index in [2.05, 4.69) is 32.0 Å². The molecule has 1 saturated heterocycles. The van der Waals surface area contributed by atoms with E-state index in [1.807, 2.05) is 30.7 Å². The molecule has 0 spiro atoms. The zero-order valence-corrected chi connectivity index (χ0v) is 18.0. The van der Waals surface area contributed by atoms with E-state index in [0.29, 0.717) is 19.8 Å². The Bertz CT molecular complexity index is 1430. The summed E-state index contributed by atoms with van der Waals surface area (Å²) in [4.78, 5) is 0. The van der Waals surface area contributed by atoms with Gasteiger partial charge in [0.1, 0.15) is 5.82 Å². The standard InChI is InChI=1S/C25H24FN5O2/c26-19-1-3-20(4-2-19)31-23-11-17-13-27-29-22(17)12-21(23)24(18-14-28-30(15-18)7-8-32)25(31)16-5-9-33-10-6-16/h1-4,11-16,32H,5-10H2,(H,27,29). The van der Waals surface area contributed by atoms with Crippen molar-refractivity contribution in [3.05, 3.63) is 66.5 Å². The van der Waals surface area contributed by atoms with Gasteiger partial charge in [-0.25, -0.2) is 4.39 Å². The fourth-order valence-corrected chi connectivity index (χ4v) is 4.99. The summed E-state index contributed by atoms with van der Waals surface area (Å²) in [5.74, 6) is 0.0226. The van der Waals surface area contributed by atoms with Crippen LogP contribution in [0.15, 0.2) is 55.0 Å². The van der Waals surface area contributed by atoms with Gasteiger partial charge in [-0.1, -0.05) is 0 Å². The number of aliphatic hydroxyl groups is 1. The first-order valence-electron chi connectivity index (χ1n) is 11.2. The van der Waals surface area contributed by atoms with E-state index in [0.717, 1.165) is 51.5 Å². The van der Waals surface area contributed by atoms with E-state index in [1.165, 1.54) is 17.8 Å². The maximum atomic E-state index is 13.8. The summed E-state index contributed by atoms with van der Waals surface area (Å²) in [6, 6.07) is 10.9. The molecule has 0 atom stereocenters. The molecule has 2 aromatic carbocycles. The van der Waals surface area contributed by atoms with E-state index in [4.69, 9.17) is 4.74 Å². The van der Waals surface area contributed by atoms with Crippen LogP contribution in [0.2, 0.25) is 0 Å². The molecule has 8 heteroatoms. The second-order valence-corrected chi connectivity index (χ2v) is 8.50. The molecule has 0 amide bonds. The number of rotatable bonds is 5. The van der Waals surface area contributed by atoms with Crippen molar-refractivity contribution in [2.24, 2.45) is 0 Å². The molecule has 0 aliphatic carbocycles. The number of hydrogen-bond donors (Lipinski definition) is 2. The van der Waals surface area contributed by atoms with Crippen LogP contribution in [-0.2, 0) is 11.3 Å². The molecule has 33 heavy (non-hydrogen) atoms. The Kier molecular flexibility index (Phi) is 4.96. The fourth-order valence-electron chi connectivity index (χ4n) is 4.99.